The van der Waals surface area contributed by atoms with Gasteiger partial charge < -0.3 is 15.6 Å². The first-order valence-corrected chi connectivity index (χ1v) is 7.32. The largest absolute Gasteiger partial charge is 0.325 e. The molecule has 0 aliphatic heterocycles. The molecular weight excluding hydrogens is 254 g/mol. The summed E-state index contributed by atoms with van der Waals surface area (Å²) < 4.78 is 1.61. The van der Waals surface area contributed by atoms with Crippen molar-refractivity contribution in [3.05, 3.63) is 28.7 Å². The standard InChI is InChI=1S/C15H23N3O2/c1-2-9-18-11-12(5-6-14(18)20)17-13(19)10-15(16)7-3-4-8-15/h5-6,11H,2-4,7-10,16H2,1H3,(H,17,19). The highest BCUT2D eigenvalue weighted by Crippen LogP contribution is 2.30. The number of nitrogens with zero attached hydrogens (tertiary/aromatic N) is 1. The average molecular weight is 277 g/mol. The molecule has 110 valence electrons. The summed E-state index contributed by atoms with van der Waals surface area (Å²) in [6.07, 6.45) is 6.95. The first-order valence-electron chi connectivity index (χ1n) is 7.32. The van der Waals surface area contributed by atoms with Crippen molar-refractivity contribution in [2.45, 2.75) is 57.5 Å². The predicted molar refractivity (Wildman–Crippen MR) is 79.6 cm³/mol. The summed E-state index contributed by atoms with van der Waals surface area (Å²) in [6, 6.07) is 3.13. The lowest BCUT2D eigenvalue weighted by atomic mass is 9.94. The maximum atomic E-state index is 12.0. The topological polar surface area (TPSA) is 77.1 Å². The highest BCUT2D eigenvalue weighted by molar-refractivity contribution is 5.91. The Morgan fingerprint density at radius 3 is 2.75 bits per heavy atom. The van der Waals surface area contributed by atoms with Crippen LogP contribution < -0.4 is 16.6 Å². The molecule has 0 unspecified atom stereocenters. The van der Waals surface area contributed by atoms with Gasteiger partial charge in [0.15, 0.2) is 0 Å². The summed E-state index contributed by atoms with van der Waals surface area (Å²) in [5.41, 5.74) is 6.47. The zero-order valence-corrected chi connectivity index (χ0v) is 12.0. The second-order valence-electron chi connectivity index (χ2n) is 5.74. The van der Waals surface area contributed by atoms with Crippen LogP contribution >= 0.6 is 0 Å². The van der Waals surface area contributed by atoms with Gasteiger partial charge in [-0.25, -0.2) is 0 Å². The smallest absolute Gasteiger partial charge is 0.250 e. The Morgan fingerprint density at radius 2 is 2.10 bits per heavy atom. The van der Waals surface area contributed by atoms with Gasteiger partial charge in [0.1, 0.15) is 0 Å². The zero-order valence-electron chi connectivity index (χ0n) is 12.0. The second kappa shape index (κ2) is 6.22. The predicted octanol–water partition coefficient (Wildman–Crippen LogP) is 1.86. The van der Waals surface area contributed by atoms with Crippen molar-refractivity contribution in [3.63, 3.8) is 0 Å². The van der Waals surface area contributed by atoms with Crippen LogP contribution in [0.25, 0.3) is 0 Å². The Balaban J connectivity index is 2.00. The number of nitrogens with one attached hydrogen (secondary N) is 1. The van der Waals surface area contributed by atoms with Crippen LogP contribution in [0.1, 0.15) is 45.4 Å². The molecule has 1 amide bonds. The molecule has 0 bridgehead atoms. The summed E-state index contributed by atoms with van der Waals surface area (Å²) in [5, 5.41) is 2.84. The van der Waals surface area contributed by atoms with E-state index in [2.05, 4.69) is 5.32 Å². The van der Waals surface area contributed by atoms with Crippen molar-refractivity contribution < 1.29 is 4.79 Å². The molecular formula is C15H23N3O2. The van der Waals surface area contributed by atoms with E-state index in [4.69, 9.17) is 5.73 Å². The molecule has 0 spiro atoms. The van der Waals surface area contributed by atoms with Crippen LogP contribution in [0.3, 0.4) is 0 Å². The van der Waals surface area contributed by atoms with Crippen molar-refractivity contribution in [2.24, 2.45) is 5.73 Å². The van der Waals surface area contributed by atoms with Crippen LogP contribution in [0, 0.1) is 0 Å². The molecule has 0 atom stereocenters. The van der Waals surface area contributed by atoms with Crippen molar-refractivity contribution in [3.8, 4) is 0 Å². The number of carbonyl (C=O) groups is 1. The number of aromatic nitrogens is 1. The molecule has 1 aliphatic carbocycles. The van der Waals surface area contributed by atoms with Crippen LogP contribution in [0.15, 0.2) is 23.1 Å². The average Bonchev–Trinajstić information content (AvgIpc) is 2.80. The van der Waals surface area contributed by atoms with Crippen molar-refractivity contribution in [1.29, 1.82) is 0 Å². The van der Waals surface area contributed by atoms with Gasteiger partial charge >= 0.3 is 0 Å². The first kappa shape index (κ1) is 14.8. The first-order chi connectivity index (χ1) is 9.52. The molecule has 1 fully saturated rings. The number of aryl methyl sites for hydroxylation is 1. The van der Waals surface area contributed by atoms with E-state index in [1.165, 1.54) is 6.07 Å². The third-order valence-electron chi connectivity index (χ3n) is 3.84. The maximum Gasteiger partial charge on any atom is 0.250 e. The van der Waals surface area contributed by atoms with Crippen LogP contribution in [0.4, 0.5) is 5.69 Å². The minimum atomic E-state index is -0.345. The number of nitrogens with two attached hydrogens (primary N) is 1. The Labute approximate surface area is 119 Å². The Morgan fingerprint density at radius 1 is 1.40 bits per heavy atom. The highest BCUT2D eigenvalue weighted by atomic mass is 16.1. The Kier molecular flexibility index (Phi) is 4.60. The molecule has 0 saturated heterocycles. The minimum absolute atomic E-state index is 0.0454. The van der Waals surface area contributed by atoms with Crippen LogP contribution in [-0.2, 0) is 11.3 Å². The van der Waals surface area contributed by atoms with Crippen molar-refractivity contribution >= 4 is 11.6 Å². The second-order valence-corrected chi connectivity index (χ2v) is 5.74. The number of hydrogen-bond donors (Lipinski definition) is 2. The van der Waals surface area contributed by atoms with Gasteiger partial charge in [-0.1, -0.05) is 19.8 Å². The monoisotopic (exact) mass is 277 g/mol. The van der Waals surface area contributed by atoms with Gasteiger partial charge in [0.2, 0.25) is 5.91 Å². The molecule has 1 heterocycles. The van der Waals surface area contributed by atoms with Crippen molar-refractivity contribution in [1.82, 2.24) is 4.57 Å². The summed E-state index contributed by atoms with van der Waals surface area (Å²) in [4.78, 5) is 23.7. The molecule has 3 N–H and O–H groups in total. The van der Waals surface area contributed by atoms with E-state index in [-0.39, 0.29) is 17.0 Å². The number of pyridine rings is 1. The van der Waals surface area contributed by atoms with E-state index < -0.39 is 0 Å². The highest BCUT2D eigenvalue weighted by Gasteiger charge is 2.31. The van der Waals surface area contributed by atoms with E-state index in [1.54, 1.807) is 16.8 Å². The third kappa shape index (κ3) is 3.70. The molecule has 20 heavy (non-hydrogen) atoms. The molecule has 2 rings (SSSR count). The van der Waals surface area contributed by atoms with Crippen molar-refractivity contribution in [2.75, 3.05) is 5.32 Å². The van der Waals surface area contributed by atoms with E-state index in [9.17, 15) is 9.59 Å². The summed E-state index contributed by atoms with van der Waals surface area (Å²) in [5.74, 6) is -0.0731. The van der Waals surface area contributed by atoms with E-state index in [0.717, 1.165) is 32.1 Å². The molecule has 1 aromatic rings. The lowest BCUT2D eigenvalue weighted by Gasteiger charge is -2.22. The summed E-state index contributed by atoms with van der Waals surface area (Å²) in [7, 11) is 0. The Bertz CT molecular complexity index is 530. The van der Waals surface area contributed by atoms with Gasteiger partial charge in [0, 0.05) is 30.8 Å². The fourth-order valence-electron chi connectivity index (χ4n) is 2.80. The SMILES string of the molecule is CCCn1cc(NC(=O)CC2(N)CCCC2)ccc1=O. The van der Waals surface area contributed by atoms with E-state index >= 15 is 0 Å². The molecule has 1 saturated carbocycles. The van der Waals surface area contributed by atoms with Crippen LogP contribution in [-0.4, -0.2) is 16.0 Å². The third-order valence-corrected chi connectivity index (χ3v) is 3.84. The molecule has 0 aromatic carbocycles. The van der Waals surface area contributed by atoms with Gasteiger partial charge in [0.25, 0.3) is 5.56 Å². The quantitative estimate of drug-likeness (QED) is 0.862. The molecule has 5 nitrogen and oxygen atoms in total. The molecule has 0 radical (unpaired) electrons. The lowest BCUT2D eigenvalue weighted by Crippen LogP contribution is -2.40. The lowest BCUT2D eigenvalue weighted by molar-refractivity contribution is -0.117. The van der Waals surface area contributed by atoms with Gasteiger partial charge in [-0.2, -0.15) is 0 Å². The minimum Gasteiger partial charge on any atom is -0.325 e. The number of hydrogen-bond acceptors (Lipinski definition) is 3. The van der Waals surface area contributed by atoms with Gasteiger partial charge in [-0.3, -0.25) is 9.59 Å². The fraction of sp³-hybridized carbons (Fsp3) is 0.600. The number of carbonyl (C=O) groups excluding carboxylic acids is 1. The maximum absolute atomic E-state index is 12.0. The van der Waals surface area contributed by atoms with Gasteiger partial charge in [-0.15, -0.1) is 0 Å². The zero-order chi connectivity index (χ0) is 14.6. The van der Waals surface area contributed by atoms with Crippen LogP contribution in [0.5, 0.6) is 0 Å². The number of rotatable bonds is 5. The van der Waals surface area contributed by atoms with Gasteiger partial charge in [-0.05, 0) is 25.3 Å². The molecule has 1 aliphatic rings. The summed E-state index contributed by atoms with van der Waals surface area (Å²) in [6.45, 7) is 2.67. The van der Waals surface area contributed by atoms with E-state index in [1.807, 2.05) is 6.92 Å². The fourth-order valence-corrected chi connectivity index (χ4v) is 2.80. The normalized spacial score (nSPS) is 17.1. The molecule has 1 aromatic heterocycles. The van der Waals surface area contributed by atoms with E-state index in [0.29, 0.717) is 18.7 Å². The Hall–Kier alpha value is -1.62. The number of amides is 1. The molecule has 5 heteroatoms. The van der Waals surface area contributed by atoms with Gasteiger partial charge in [0.05, 0.1) is 5.69 Å². The van der Waals surface area contributed by atoms with Crippen LogP contribution in [0.2, 0.25) is 0 Å². The number of anilines is 1. The summed E-state index contributed by atoms with van der Waals surface area (Å²) >= 11 is 0.